The second-order valence-corrected chi connectivity index (χ2v) is 14.0. The van der Waals surface area contributed by atoms with Gasteiger partial charge in [0.25, 0.3) is 0 Å². The van der Waals surface area contributed by atoms with Crippen LogP contribution in [0.5, 0.6) is 0 Å². The summed E-state index contributed by atoms with van der Waals surface area (Å²) in [5, 5.41) is 7.82. The van der Waals surface area contributed by atoms with Crippen molar-refractivity contribution in [2.45, 2.75) is 0 Å². The lowest BCUT2D eigenvalue weighted by molar-refractivity contribution is 0.669. The number of rotatable bonds is 5. The largest absolute Gasteiger partial charge is 0.456 e. The Morgan fingerprint density at radius 1 is 0.291 bits per heavy atom. The minimum Gasteiger partial charge on any atom is -0.456 e. The Balaban J connectivity index is 1.22. The van der Waals surface area contributed by atoms with Gasteiger partial charge < -0.3 is 4.42 Å². The molecule has 0 fully saturated rings. The maximum Gasteiger partial charge on any atom is 0.136 e. The summed E-state index contributed by atoms with van der Waals surface area (Å²) in [6.07, 6.45) is 0. The van der Waals surface area contributed by atoms with Crippen LogP contribution in [0, 0.1) is 0 Å². The third kappa shape index (κ3) is 4.94. The summed E-state index contributed by atoms with van der Waals surface area (Å²) < 4.78 is 40.5. The van der Waals surface area contributed by atoms with E-state index in [2.05, 4.69) is 164 Å². The first-order valence-electron chi connectivity index (χ1n) is 20.6. The van der Waals surface area contributed by atoms with E-state index < -0.39 is 0 Å². The molecule has 0 unspecified atom stereocenters. The number of para-hydroxylation sites is 1. The van der Waals surface area contributed by atoms with Crippen LogP contribution in [0.4, 0.5) is 0 Å². The van der Waals surface area contributed by atoms with Gasteiger partial charge in [-0.3, -0.25) is 0 Å². The molecule has 0 amide bonds. The van der Waals surface area contributed by atoms with Crippen molar-refractivity contribution in [1.29, 1.82) is 0 Å². The Morgan fingerprint density at radius 2 is 0.745 bits per heavy atom. The predicted octanol–water partition coefficient (Wildman–Crippen LogP) is 15.4. The van der Waals surface area contributed by atoms with E-state index in [1.165, 1.54) is 33.0 Å². The van der Waals surface area contributed by atoms with Gasteiger partial charge in [-0.2, -0.15) is 0 Å². The first-order valence-corrected chi connectivity index (χ1v) is 18.6. The molecule has 256 valence electrons. The summed E-state index contributed by atoms with van der Waals surface area (Å²) in [5.74, 6) is 0. The first kappa shape index (κ1) is 27.4. The minimum absolute atomic E-state index is 0.101. The quantitative estimate of drug-likeness (QED) is 0.163. The van der Waals surface area contributed by atoms with Crippen molar-refractivity contribution >= 4 is 54.3 Å². The van der Waals surface area contributed by atoms with Crippen molar-refractivity contribution in [3.8, 4) is 55.6 Å². The van der Waals surface area contributed by atoms with Gasteiger partial charge in [0.15, 0.2) is 0 Å². The molecule has 0 aliphatic heterocycles. The standard InChI is InChI=1S/C54H34O/c1-3-17-35(18-4-1)37-26-13-27-38(36-19-5-2-6-20-36)53(37)54-46-23-9-7-21-44(46)51(45-22-8-10-24-47(45)54)42-31-15-28-39-40(42)29-14-30-41(39)43-32-16-34-50-52(43)48-25-11-12-33-49(48)55-50/h1-34H/i11D,12D,25D,33D. The summed E-state index contributed by atoms with van der Waals surface area (Å²) in [7, 11) is 0. The van der Waals surface area contributed by atoms with Gasteiger partial charge in [0.1, 0.15) is 11.2 Å². The molecule has 10 aromatic carbocycles. The topological polar surface area (TPSA) is 13.1 Å². The number of fused-ring (bicyclic) bond motifs is 6. The van der Waals surface area contributed by atoms with E-state index in [-0.39, 0.29) is 29.8 Å². The highest BCUT2D eigenvalue weighted by molar-refractivity contribution is 6.26. The van der Waals surface area contributed by atoms with E-state index >= 15 is 0 Å². The molecule has 11 aromatic rings. The average molecular weight is 703 g/mol. The molecular weight excluding hydrogens is 665 g/mol. The molecule has 1 heterocycles. The summed E-state index contributed by atoms with van der Waals surface area (Å²) in [6.45, 7) is 0. The zero-order valence-corrected chi connectivity index (χ0v) is 29.7. The molecule has 1 heteroatoms. The number of hydrogen-bond acceptors (Lipinski definition) is 1. The van der Waals surface area contributed by atoms with E-state index in [4.69, 9.17) is 9.90 Å². The van der Waals surface area contributed by atoms with Gasteiger partial charge >= 0.3 is 0 Å². The second-order valence-electron chi connectivity index (χ2n) is 14.0. The predicted molar refractivity (Wildman–Crippen MR) is 233 cm³/mol. The van der Waals surface area contributed by atoms with Gasteiger partial charge in [-0.15, -0.1) is 0 Å². The molecule has 0 N–H and O–H groups in total. The van der Waals surface area contributed by atoms with Gasteiger partial charge in [0, 0.05) is 10.8 Å². The lowest BCUT2D eigenvalue weighted by atomic mass is 9.80. The van der Waals surface area contributed by atoms with E-state index in [9.17, 15) is 0 Å². The Bertz CT molecular complexity index is 3360. The van der Waals surface area contributed by atoms with Crippen molar-refractivity contribution in [2.75, 3.05) is 0 Å². The molecule has 0 saturated carbocycles. The molecule has 1 nitrogen and oxygen atoms in total. The lowest BCUT2D eigenvalue weighted by Gasteiger charge is -2.23. The second kappa shape index (κ2) is 12.7. The normalized spacial score (nSPS) is 12.7. The van der Waals surface area contributed by atoms with Crippen molar-refractivity contribution in [3.05, 3.63) is 206 Å². The minimum atomic E-state index is -0.303. The fourth-order valence-corrected chi connectivity index (χ4v) is 8.75. The summed E-state index contributed by atoms with van der Waals surface area (Å²) >= 11 is 0. The van der Waals surface area contributed by atoms with Crippen LogP contribution < -0.4 is 0 Å². The average Bonchev–Trinajstić information content (AvgIpc) is 3.70. The molecule has 0 aliphatic carbocycles. The molecule has 1 aromatic heterocycles. The fraction of sp³-hybridized carbons (Fsp3) is 0. The van der Waals surface area contributed by atoms with Crippen LogP contribution in [-0.4, -0.2) is 0 Å². The van der Waals surface area contributed by atoms with Crippen molar-refractivity contribution in [1.82, 2.24) is 0 Å². The number of furan rings is 1. The molecule has 0 saturated heterocycles. The van der Waals surface area contributed by atoms with Crippen LogP contribution >= 0.6 is 0 Å². The Kier molecular flexibility index (Phi) is 6.34. The van der Waals surface area contributed by atoms with Crippen molar-refractivity contribution in [2.24, 2.45) is 0 Å². The van der Waals surface area contributed by atoms with E-state index in [0.717, 1.165) is 54.9 Å². The van der Waals surface area contributed by atoms with Gasteiger partial charge in [0.05, 0.1) is 5.48 Å². The van der Waals surface area contributed by atoms with Crippen LogP contribution in [0.15, 0.2) is 211 Å². The van der Waals surface area contributed by atoms with Crippen LogP contribution in [0.1, 0.15) is 5.48 Å². The Labute approximate surface area is 325 Å². The molecule has 0 atom stereocenters. The van der Waals surface area contributed by atoms with Crippen molar-refractivity contribution in [3.63, 3.8) is 0 Å². The molecular formula is C54H34O. The van der Waals surface area contributed by atoms with Crippen LogP contribution in [0.2, 0.25) is 0 Å². The monoisotopic (exact) mass is 702 g/mol. The van der Waals surface area contributed by atoms with Gasteiger partial charge in [-0.05, 0) is 100 Å². The summed E-state index contributed by atoms with van der Waals surface area (Å²) in [6, 6.07) is 63.4. The maximum absolute atomic E-state index is 8.90. The number of benzene rings is 10. The van der Waals surface area contributed by atoms with E-state index in [0.29, 0.717) is 16.4 Å². The SMILES string of the molecule is [2H]c1c([2H])c([2H])c2c(oc3cccc(-c4cccc5c(-c6c7ccccc7c(-c7c(-c8ccccc8)cccc7-c7ccccc7)c7ccccc67)cccc45)c32)c1[2H]. The smallest absolute Gasteiger partial charge is 0.136 e. The van der Waals surface area contributed by atoms with Crippen LogP contribution in [-0.2, 0) is 0 Å². The number of hydrogen-bond donors (Lipinski definition) is 0. The van der Waals surface area contributed by atoms with E-state index in [1.807, 2.05) is 18.2 Å². The molecule has 11 rings (SSSR count). The zero-order valence-electron chi connectivity index (χ0n) is 33.7. The first-order chi connectivity index (χ1) is 29.0. The van der Waals surface area contributed by atoms with Crippen molar-refractivity contribution < 1.29 is 9.90 Å². The van der Waals surface area contributed by atoms with Gasteiger partial charge in [-0.1, -0.05) is 194 Å². The Morgan fingerprint density at radius 3 is 1.38 bits per heavy atom. The molecule has 0 radical (unpaired) electrons. The van der Waals surface area contributed by atoms with E-state index in [1.54, 1.807) is 0 Å². The molecule has 0 aliphatic rings. The lowest BCUT2D eigenvalue weighted by Crippen LogP contribution is -1.95. The summed E-state index contributed by atoms with van der Waals surface area (Å²) in [5.41, 5.74) is 11.8. The van der Waals surface area contributed by atoms with Gasteiger partial charge in [0.2, 0.25) is 0 Å². The fourth-order valence-electron chi connectivity index (χ4n) is 8.75. The molecule has 0 spiro atoms. The third-order valence-corrected chi connectivity index (χ3v) is 11.0. The summed E-state index contributed by atoms with van der Waals surface area (Å²) in [4.78, 5) is 0. The molecule has 55 heavy (non-hydrogen) atoms. The highest BCUT2D eigenvalue weighted by Crippen LogP contribution is 2.50. The van der Waals surface area contributed by atoms with Gasteiger partial charge in [-0.25, -0.2) is 0 Å². The van der Waals surface area contributed by atoms with Crippen LogP contribution in [0.3, 0.4) is 0 Å². The highest BCUT2D eigenvalue weighted by atomic mass is 16.3. The Hall–Kier alpha value is -7.22. The third-order valence-electron chi connectivity index (χ3n) is 11.0. The maximum atomic E-state index is 8.90. The highest BCUT2D eigenvalue weighted by Gasteiger charge is 2.23. The molecule has 0 bridgehead atoms. The zero-order chi connectivity index (χ0) is 39.8. The van der Waals surface area contributed by atoms with Crippen LogP contribution in [0.25, 0.3) is 110 Å².